The number of unbranched alkanes of at least 4 members (excludes halogenated alkanes) is 28. The van der Waals surface area contributed by atoms with Gasteiger partial charge in [-0.15, -0.1) is 0 Å². The van der Waals surface area contributed by atoms with Crippen molar-refractivity contribution >= 4 is 17.9 Å². The van der Waals surface area contributed by atoms with E-state index in [0.29, 0.717) is 19.3 Å². The summed E-state index contributed by atoms with van der Waals surface area (Å²) in [5.41, 5.74) is 0. The van der Waals surface area contributed by atoms with E-state index in [9.17, 15) is 14.4 Å². The van der Waals surface area contributed by atoms with Crippen LogP contribution in [0.5, 0.6) is 0 Å². The van der Waals surface area contributed by atoms with Gasteiger partial charge in [0.1, 0.15) is 13.2 Å². The van der Waals surface area contributed by atoms with Crippen molar-refractivity contribution in [2.45, 2.75) is 284 Å². The molecular weight excluding hydrogens is 829 g/mol. The van der Waals surface area contributed by atoms with Crippen LogP contribution in [0.1, 0.15) is 278 Å². The third-order valence-electron chi connectivity index (χ3n) is 12.2. The highest BCUT2D eigenvalue weighted by Crippen LogP contribution is 2.16. The number of ether oxygens (including phenoxy) is 3. The molecular formula is C61H106O6. The average molecular weight is 936 g/mol. The lowest BCUT2D eigenvalue weighted by atomic mass is 10.0. The molecule has 1 unspecified atom stereocenters. The van der Waals surface area contributed by atoms with E-state index in [1.165, 1.54) is 141 Å². The summed E-state index contributed by atoms with van der Waals surface area (Å²) in [6.45, 7) is 6.49. The number of carbonyl (C=O) groups excluding carboxylic acids is 3. The van der Waals surface area contributed by atoms with E-state index in [0.717, 1.165) is 96.3 Å². The van der Waals surface area contributed by atoms with E-state index in [2.05, 4.69) is 93.7 Å². The van der Waals surface area contributed by atoms with Crippen LogP contribution < -0.4 is 0 Å². The molecule has 0 rings (SSSR count). The van der Waals surface area contributed by atoms with Crippen LogP contribution in [0.15, 0.2) is 72.9 Å². The first-order valence-electron chi connectivity index (χ1n) is 28.4. The Morgan fingerprint density at radius 2 is 0.582 bits per heavy atom. The number of esters is 3. The topological polar surface area (TPSA) is 78.9 Å². The molecule has 0 aromatic carbocycles. The fraction of sp³-hybridized carbons (Fsp3) is 0.754. The lowest BCUT2D eigenvalue weighted by Crippen LogP contribution is -2.30. The first-order chi connectivity index (χ1) is 33.0. The fourth-order valence-electron chi connectivity index (χ4n) is 7.98. The first kappa shape index (κ1) is 63.8. The van der Waals surface area contributed by atoms with Gasteiger partial charge in [0.2, 0.25) is 0 Å². The first-order valence-corrected chi connectivity index (χ1v) is 28.4. The second-order valence-corrected chi connectivity index (χ2v) is 18.8. The summed E-state index contributed by atoms with van der Waals surface area (Å²) in [5, 5.41) is 0. The van der Waals surface area contributed by atoms with Gasteiger partial charge in [-0.2, -0.15) is 0 Å². The van der Waals surface area contributed by atoms with E-state index in [1.54, 1.807) is 0 Å². The van der Waals surface area contributed by atoms with Gasteiger partial charge in [-0.05, 0) is 70.6 Å². The lowest BCUT2D eigenvalue weighted by molar-refractivity contribution is -0.167. The molecule has 0 spiro atoms. The summed E-state index contributed by atoms with van der Waals surface area (Å²) < 4.78 is 16.7. The van der Waals surface area contributed by atoms with Crippen LogP contribution in [0.3, 0.4) is 0 Å². The highest BCUT2D eigenvalue weighted by molar-refractivity contribution is 5.71. The molecule has 0 amide bonds. The molecule has 0 aromatic heterocycles. The minimum absolute atomic E-state index is 0.0715. The molecule has 0 aliphatic carbocycles. The zero-order chi connectivity index (χ0) is 48.6. The molecule has 0 aliphatic rings. The molecule has 1 atom stereocenters. The van der Waals surface area contributed by atoms with Crippen LogP contribution in [0.25, 0.3) is 0 Å². The van der Waals surface area contributed by atoms with Crippen LogP contribution in [-0.4, -0.2) is 37.2 Å². The van der Waals surface area contributed by atoms with Gasteiger partial charge >= 0.3 is 17.9 Å². The quantitative estimate of drug-likeness (QED) is 0.0262. The normalized spacial score (nSPS) is 12.6. The standard InChI is InChI=1S/C61H106O6/c1-4-7-10-13-16-19-21-22-23-24-25-26-27-28-29-30-31-32-33-34-35-36-37-38-39-40-41-43-45-48-51-54-60(63)66-57-58(56-65-59(62)53-50-47-44-18-15-12-9-6-3)67-61(64)55-52-49-46-42-20-17-14-11-8-5-2/h7,10,16,19,22-23,25-26,28-29,31-32,58H,4-6,8-9,11-15,17-18,20-21,24,27,30,33-57H2,1-3H3/b10-7-,19-16-,23-22-,26-25-,29-28-,32-31-. The highest BCUT2D eigenvalue weighted by atomic mass is 16.6. The van der Waals surface area contributed by atoms with Gasteiger partial charge in [-0.25, -0.2) is 0 Å². The molecule has 0 fully saturated rings. The number of carbonyl (C=O) groups is 3. The lowest BCUT2D eigenvalue weighted by Gasteiger charge is -2.18. The van der Waals surface area contributed by atoms with Gasteiger partial charge in [-0.1, -0.05) is 261 Å². The SMILES string of the molecule is CC/C=C\C/C=C\C/C=C\C/C=C\C/C=C\C/C=C\CCCCCCCCCCCCCCC(=O)OCC(COC(=O)CCCCCCCCCC)OC(=O)CCCCCCCCCCCC. The molecule has 386 valence electrons. The van der Waals surface area contributed by atoms with Gasteiger partial charge in [0.05, 0.1) is 0 Å². The van der Waals surface area contributed by atoms with Gasteiger partial charge in [0.25, 0.3) is 0 Å². The van der Waals surface area contributed by atoms with Crippen LogP contribution in [0.4, 0.5) is 0 Å². The van der Waals surface area contributed by atoms with Gasteiger partial charge in [0, 0.05) is 19.3 Å². The Morgan fingerprint density at radius 3 is 0.910 bits per heavy atom. The second-order valence-electron chi connectivity index (χ2n) is 18.8. The van der Waals surface area contributed by atoms with Crippen molar-refractivity contribution in [2.24, 2.45) is 0 Å². The van der Waals surface area contributed by atoms with Crippen molar-refractivity contribution in [3.63, 3.8) is 0 Å². The molecule has 0 aromatic rings. The molecule has 6 heteroatoms. The Hall–Kier alpha value is -3.15. The molecule has 6 nitrogen and oxygen atoms in total. The van der Waals surface area contributed by atoms with Crippen molar-refractivity contribution in [3.05, 3.63) is 72.9 Å². The van der Waals surface area contributed by atoms with Crippen molar-refractivity contribution in [1.29, 1.82) is 0 Å². The van der Waals surface area contributed by atoms with E-state index in [-0.39, 0.29) is 31.1 Å². The smallest absolute Gasteiger partial charge is 0.306 e. The molecule has 0 heterocycles. The van der Waals surface area contributed by atoms with E-state index in [4.69, 9.17) is 14.2 Å². The average Bonchev–Trinajstić information content (AvgIpc) is 3.33. The minimum Gasteiger partial charge on any atom is -0.462 e. The third-order valence-corrected chi connectivity index (χ3v) is 12.2. The monoisotopic (exact) mass is 935 g/mol. The molecule has 0 aliphatic heterocycles. The van der Waals surface area contributed by atoms with Crippen molar-refractivity contribution in [1.82, 2.24) is 0 Å². The predicted molar refractivity (Wildman–Crippen MR) is 288 cm³/mol. The Bertz CT molecular complexity index is 1260. The third kappa shape index (κ3) is 53.7. The fourth-order valence-corrected chi connectivity index (χ4v) is 7.98. The summed E-state index contributed by atoms with van der Waals surface area (Å²) in [5.74, 6) is -0.873. The number of hydrogen-bond acceptors (Lipinski definition) is 6. The maximum absolute atomic E-state index is 12.7. The maximum Gasteiger partial charge on any atom is 0.306 e. The summed E-state index contributed by atoms with van der Waals surface area (Å²) >= 11 is 0. The zero-order valence-electron chi connectivity index (χ0n) is 44.2. The second kappa shape index (κ2) is 55.4. The van der Waals surface area contributed by atoms with Crippen LogP contribution in [-0.2, 0) is 28.6 Å². The highest BCUT2D eigenvalue weighted by Gasteiger charge is 2.19. The molecule has 0 radical (unpaired) electrons. The Morgan fingerprint density at radius 1 is 0.313 bits per heavy atom. The van der Waals surface area contributed by atoms with Crippen LogP contribution >= 0.6 is 0 Å². The van der Waals surface area contributed by atoms with Crippen LogP contribution in [0, 0.1) is 0 Å². The number of hydrogen-bond donors (Lipinski definition) is 0. The van der Waals surface area contributed by atoms with Crippen LogP contribution in [0.2, 0.25) is 0 Å². The molecule has 0 saturated carbocycles. The zero-order valence-corrected chi connectivity index (χ0v) is 44.2. The summed E-state index contributed by atoms with van der Waals surface area (Å²) in [4.78, 5) is 37.8. The van der Waals surface area contributed by atoms with Gasteiger partial charge in [0.15, 0.2) is 6.10 Å². The number of rotatable bonds is 51. The maximum atomic E-state index is 12.7. The Balaban J connectivity index is 4.04. The summed E-state index contributed by atoms with van der Waals surface area (Å²) in [6, 6.07) is 0. The summed E-state index contributed by atoms with van der Waals surface area (Å²) in [7, 11) is 0. The number of allylic oxidation sites excluding steroid dienone is 12. The molecule has 0 N–H and O–H groups in total. The predicted octanol–water partition coefficient (Wildman–Crippen LogP) is 19.0. The van der Waals surface area contributed by atoms with Gasteiger partial charge in [-0.3, -0.25) is 14.4 Å². The minimum atomic E-state index is -0.768. The van der Waals surface area contributed by atoms with Crippen molar-refractivity contribution in [3.8, 4) is 0 Å². The van der Waals surface area contributed by atoms with Crippen molar-refractivity contribution < 1.29 is 28.6 Å². The van der Waals surface area contributed by atoms with E-state index >= 15 is 0 Å². The van der Waals surface area contributed by atoms with Crippen molar-refractivity contribution in [2.75, 3.05) is 13.2 Å². The van der Waals surface area contributed by atoms with E-state index < -0.39 is 6.10 Å². The largest absolute Gasteiger partial charge is 0.462 e. The Kier molecular flexibility index (Phi) is 52.8. The van der Waals surface area contributed by atoms with E-state index in [1.807, 2.05) is 0 Å². The summed E-state index contributed by atoms with van der Waals surface area (Å²) in [6.07, 6.45) is 70.6. The van der Waals surface area contributed by atoms with Gasteiger partial charge < -0.3 is 14.2 Å². The Labute approximate surface area is 414 Å². The molecule has 0 bridgehead atoms. The molecule has 67 heavy (non-hydrogen) atoms. The molecule has 0 saturated heterocycles.